The van der Waals surface area contributed by atoms with Crippen molar-refractivity contribution < 1.29 is 4.74 Å². The molecule has 0 aliphatic carbocycles. The minimum atomic E-state index is 0.498. The lowest BCUT2D eigenvalue weighted by Gasteiger charge is -2.08. The molecule has 1 aromatic carbocycles. The van der Waals surface area contributed by atoms with Crippen molar-refractivity contribution in [3.05, 3.63) is 35.2 Å². The summed E-state index contributed by atoms with van der Waals surface area (Å²) in [6, 6.07) is 7.84. The van der Waals surface area contributed by atoms with Crippen molar-refractivity contribution in [2.24, 2.45) is 5.10 Å². The van der Waals surface area contributed by atoms with Gasteiger partial charge in [0.1, 0.15) is 11.6 Å². The minimum Gasteiger partial charge on any atom is -0.493 e. The Morgan fingerprint density at radius 2 is 2.24 bits per heavy atom. The molecule has 2 aromatic rings. The number of hydrogen-bond acceptors (Lipinski definition) is 6. The monoisotopic (exact) mass is 304 g/mol. The largest absolute Gasteiger partial charge is 0.493 e. The van der Waals surface area contributed by atoms with Gasteiger partial charge in [-0.05, 0) is 18.6 Å². The first-order valence-electron chi connectivity index (χ1n) is 7.01. The van der Waals surface area contributed by atoms with Gasteiger partial charge in [-0.3, -0.25) is 5.43 Å². The minimum absolute atomic E-state index is 0.498. The lowest BCUT2D eigenvalue weighted by Crippen LogP contribution is -2.00. The molecule has 5 nitrogen and oxygen atoms in total. The van der Waals surface area contributed by atoms with Crippen LogP contribution in [0.15, 0.2) is 34.7 Å². The number of rotatable bonds is 8. The highest BCUT2D eigenvalue weighted by Crippen LogP contribution is 2.18. The summed E-state index contributed by atoms with van der Waals surface area (Å²) < 4.78 is 5.79. The Balaban J connectivity index is 1.92. The third kappa shape index (κ3) is 5.07. The van der Waals surface area contributed by atoms with Crippen LogP contribution in [0.5, 0.6) is 5.75 Å². The number of thiazole rings is 1. The van der Waals surface area contributed by atoms with Gasteiger partial charge in [-0.25, -0.2) is 4.98 Å². The molecule has 0 saturated heterocycles. The van der Waals surface area contributed by atoms with Gasteiger partial charge in [0.05, 0.1) is 12.8 Å². The molecular formula is C15H20N4OS. The average Bonchev–Trinajstić information content (AvgIpc) is 2.91. The second-order valence-corrected chi connectivity index (χ2v) is 5.40. The quantitative estimate of drug-likeness (QED) is 0.443. The summed E-state index contributed by atoms with van der Waals surface area (Å²) in [7, 11) is 0. The summed E-state index contributed by atoms with van der Waals surface area (Å²) in [5.74, 6) is 1.34. The highest BCUT2D eigenvalue weighted by atomic mass is 32.1. The Labute approximate surface area is 128 Å². The van der Waals surface area contributed by atoms with Crippen LogP contribution in [0, 0.1) is 0 Å². The lowest BCUT2D eigenvalue weighted by molar-refractivity contribution is 0.306. The number of nitrogens with one attached hydrogen (secondary N) is 1. The normalized spacial score (nSPS) is 10.9. The van der Waals surface area contributed by atoms with Crippen molar-refractivity contribution in [3.63, 3.8) is 0 Å². The zero-order chi connectivity index (χ0) is 14.9. The van der Waals surface area contributed by atoms with E-state index in [4.69, 9.17) is 10.5 Å². The summed E-state index contributed by atoms with van der Waals surface area (Å²) in [6.07, 6.45) is 5.17. The standard InChI is InChI=1S/C15H20N4OS/c1-2-3-6-9-20-13-8-5-4-7-12(13)10-17-19-15-18-14(16)11-21-15/h4-5,7-8,10-11H,2-3,6,9,16H2,1H3,(H,18,19). The fourth-order valence-electron chi connectivity index (χ4n) is 1.75. The molecular weight excluding hydrogens is 284 g/mol. The number of nitrogen functional groups attached to an aromatic ring is 1. The molecule has 0 atom stereocenters. The predicted octanol–water partition coefficient (Wildman–Crippen LogP) is 3.74. The topological polar surface area (TPSA) is 72.5 Å². The first-order chi connectivity index (χ1) is 10.3. The molecule has 0 fully saturated rings. The number of benzene rings is 1. The molecule has 0 unspecified atom stereocenters. The van der Waals surface area contributed by atoms with Gasteiger partial charge < -0.3 is 10.5 Å². The Bertz CT molecular complexity index is 583. The van der Waals surface area contributed by atoms with Crippen LogP contribution in [-0.2, 0) is 0 Å². The van der Waals surface area contributed by atoms with Gasteiger partial charge in [0.25, 0.3) is 0 Å². The number of anilines is 2. The van der Waals surface area contributed by atoms with Crippen LogP contribution in [-0.4, -0.2) is 17.8 Å². The van der Waals surface area contributed by atoms with Gasteiger partial charge in [-0.1, -0.05) is 31.9 Å². The van der Waals surface area contributed by atoms with E-state index in [0.29, 0.717) is 10.9 Å². The molecule has 1 heterocycles. The van der Waals surface area contributed by atoms with Crippen LogP contribution in [0.1, 0.15) is 31.7 Å². The molecule has 0 aliphatic heterocycles. The van der Waals surface area contributed by atoms with Crippen LogP contribution in [0.25, 0.3) is 0 Å². The second-order valence-electron chi connectivity index (χ2n) is 4.54. The molecule has 0 radical (unpaired) electrons. The summed E-state index contributed by atoms with van der Waals surface area (Å²) in [4.78, 5) is 4.07. The van der Waals surface area contributed by atoms with E-state index in [-0.39, 0.29) is 0 Å². The maximum Gasteiger partial charge on any atom is 0.205 e. The Hall–Kier alpha value is -2.08. The summed E-state index contributed by atoms with van der Waals surface area (Å²) in [6.45, 7) is 2.91. The van der Waals surface area contributed by atoms with Crippen molar-refractivity contribution in [1.82, 2.24) is 4.98 Å². The molecule has 1 aromatic heterocycles. The first-order valence-corrected chi connectivity index (χ1v) is 7.89. The predicted molar refractivity (Wildman–Crippen MR) is 89.2 cm³/mol. The van der Waals surface area contributed by atoms with Crippen molar-refractivity contribution >= 4 is 28.5 Å². The number of hydrazone groups is 1. The maximum atomic E-state index is 5.79. The zero-order valence-electron chi connectivity index (χ0n) is 12.1. The van der Waals surface area contributed by atoms with Crippen LogP contribution >= 0.6 is 11.3 Å². The van der Waals surface area contributed by atoms with Crippen LogP contribution in [0.3, 0.4) is 0 Å². The molecule has 3 N–H and O–H groups in total. The van der Waals surface area contributed by atoms with Crippen LogP contribution in [0.4, 0.5) is 10.9 Å². The highest BCUT2D eigenvalue weighted by Gasteiger charge is 2.00. The van der Waals surface area contributed by atoms with E-state index in [1.165, 1.54) is 24.2 Å². The van der Waals surface area contributed by atoms with E-state index in [1.807, 2.05) is 24.3 Å². The highest BCUT2D eigenvalue weighted by molar-refractivity contribution is 7.14. The number of para-hydroxylation sites is 1. The molecule has 6 heteroatoms. The number of nitrogens with zero attached hydrogens (tertiary/aromatic N) is 2. The number of hydrogen-bond donors (Lipinski definition) is 2. The average molecular weight is 304 g/mol. The van der Waals surface area contributed by atoms with Crippen LogP contribution in [0.2, 0.25) is 0 Å². The number of ether oxygens (including phenoxy) is 1. The Kier molecular flexibility index (Phi) is 6.02. The van der Waals surface area contributed by atoms with Gasteiger partial charge in [-0.15, -0.1) is 11.3 Å². The van der Waals surface area contributed by atoms with Gasteiger partial charge >= 0.3 is 0 Å². The van der Waals surface area contributed by atoms with Crippen molar-refractivity contribution in [2.75, 3.05) is 17.8 Å². The maximum absolute atomic E-state index is 5.79. The molecule has 0 bridgehead atoms. The van der Waals surface area contributed by atoms with Gasteiger partial charge in [-0.2, -0.15) is 5.10 Å². The number of nitrogens with two attached hydrogens (primary N) is 1. The van der Waals surface area contributed by atoms with Crippen molar-refractivity contribution in [2.45, 2.75) is 26.2 Å². The van der Waals surface area contributed by atoms with Crippen molar-refractivity contribution in [1.29, 1.82) is 0 Å². The second kappa shape index (κ2) is 8.26. The molecule has 21 heavy (non-hydrogen) atoms. The molecule has 0 spiro atoms. The zero-order valence-corrected chi connectivity index (χ0v) is 12.9. The molecule has 2 rings (SSSR count). The summed E-state index contributed by atoms with van der Waals surface area (Å²) in [5, 5.41) is 6.61. The summed E-state index contributed by atoms with van der Waals surface area (Å²) in [5.41, 5.74) is 9.35. The number of aromatic nitrogens is 1. The van der Waals surface area contributed by atoms with Gasteiger partial charge in [0.2, 0.25) is 5.13 Å². The SMILES string of the molecule is CCCCCOc1ccccc1C=NNc1nc(N)cs1. The van der Waals surface area contributed by atoms with E-state index >= 15 is 0 Å². The molecule has 0 saturated carbocycles. The smallest absolute Gasteiger partial charge is 0.205 e. The van der Waals surface area contributed by atoms with Crippen molar-refractivity contribution in [3.8, 4) is 5.75 Å². The fourth-order valence-corrected chi connectivity index (χ4v) is 2.30. The van der Waals surface area contributed by atoms with E-state index in [2.05, 4.69) is 22.4 Å². The third-order valence-corrected chi connectivity index (χ3v) is 3.58. The fraction of sp³-hybridized carbons (Fsp3) is 0.333. The van der Waals surface area contributed by atoms with E-state index in [9.17, 15) is 0 Å². The van der Waals surface area contributed by atoms with Gasteiger partial charge in [0.15, 0.2) is 0 Å². The molecule has 0 amide bonds. The van der Waals surface area contributed by atoms with E-state index in [0.717, 1.165) is 24.3 Å². The third-order valence-electron chi connectivity index (χ3n) is 2.81. The summed E-state index contributed by atoms with van der Waals surface area (Å²) >= 11 is 1.42. The first kappa shape index (κ1) is 15.3. The Morgan fingerprint density at radius 3 is 3.00 bits per heavy atom. The lowest BCUT2D eigenvalue weighted by atomic mass is 10.2. The molecule has 112 valence electrons. The van der Waals surface area contributed by atoms with Crippen LogP contribution < -0.4 is 15.9 Å². The van der Waals surface area contributed by atoms with E-state index in [1.54, 1.807) is 11.6 Å². The van der Waals surface area contributed by atoms with Gasteiger partial charge in [0, 0.05) is 10.9 Å². The number of unbranched alkanes of at least 4 members (excludes halogenated alkanes) is 2. The molecule has 0 aliphatic rings. The Morgan fingerprint density at radius 1 is 1.38 bits per heavy atom. The van der Waals surface area contributed by atoms with E-state index < -0.39 is 0 Å².